The van der Waals surface area contributed by atoms with E-state index in [0.717, 1.165) is 18.5 Å². The normalized spacial score (nSPS) is 18.0. The predicted molar refractivity (Wildman–Crippen MR) is 164 cm³/mol. The number of carbonyl (C=O) groups is 6. The van der Waals surface area contributed by atoms with E-state index in [1.54, 1.807) is 38.1 Å². The lowest BCUT2D eigenvalue weighted by Crippen LogP contribution is -2.59. The Morgan fingerprint density at radius 3 is 1.93 bits per heavy atom. The zero-order chi connectivity index (χ0) is 33.0. The van der Waals surface area contributed by atoms with E-state index in [-0.39, 0.29) is 24.3 Å². The summed E-state index contributed by atoms with van der Waals surface area (Å²) < 4.78 is 0. The van der Waals surface area contributed by atoms with Gasteiger partial charge in [0.15, 0.2) is 0 Å². The van der Waals surface area contributed by atoms with Crippen LogP contribution < -0.4 is 31.9 Å². The van der Waals surface area contributed by atoms with Gasteiger partial charge in [-0.2, -0.15) is 0 Å². The van der Waals surface area contributed by atoms with Crippen LogP contribution in [0.25, 0.3) is 0 Å². The fraction of sp³-hybridized carbons (Fsp3) is 0.613. The number of amides is 5. The number of benzene rings is 1. The molecule has 7 N–H and O–H groups in total. The molecule has 1 aromatic rings. The van der Waals surface area contributed by atoms with E-state index < -0.39 is 65.7 Å². The maximum Gasteiger partial charge on any atom is 0.325 e. The summed E-state index contributed by atoms with van der Waals surface area (Å²) in [4.78, 5) is 76.7. The van der Waals surface area contributed by atoms with Crippen LogP contribution >= 0.6 is 0 Å². The minimum absolute atomic E-state index is 0.0928. The summed E-state index contributed by atoms with van der Waals surface area (Å²) in [6.45, 7) is 10.8. The monoisotopic (exact) mass is 616 g/mol. The Bertz CT molecular complexity index is 1150. The lowest BCUT2D eigenvalue weighted by molar-refractivity contribution is -0.142. The van der Waals surface area contributed by atoms with Crippen molar-refractivity contribution >= 4 is 35.5 Å². The first-order valence-electron chi connectivity index (χ1n) is 15.2. The van der Waals surface area contributed by atoms with Crippen molar-refractivity contribution in [2.45, 2.75) is 103 Å². The summed E-state index contributed by atoms with van der Waals surface area (Å²) in [6.07, 6.45) is 2.02. The number of carboxylic acid groups (broad SMARTS) is 1. The summed E-state index contributed by atoms with van der Waals surface area (Å²) >= 11 is 0. The Labute approximate surface area is 259 Å². The Morgan fingerprint density at radius 1 is 0.773 bits per heavy atom. The number of nitrogens with one attached hydrogen (secondary N) is 6. The van der Waals surface area contributed by atoms with E-state index in [0.29, 0.717) is 12.8 Å². The molecular weight excluding hydrogens is 568 g/mol. The molecule has 1 aliphatic heterocycles. The standard InChI is InChI=1S/C31H48N6O7/c1-17(2)15-23(36-27(39)22-13-10-14-32-22)28(40)33-19(5)26(38)35-24(16-21-11-8-7-9-12-21)29(41)37-25(18(3)4)30(42)34-20(6)31(43)44/h7-9,11-12,17-20,22-25,32H,10,13-16H2,1-6H3,(H,33,40)(H,34,42)(H,35,38)(H,36,39)(H,37,41)(H,43,44)/t19-,20-,22-,23-,24-,25-/m0/s1. The average molecular weight is 617 g/mol. The van der Waals surface area contributed by atoms with Crippen LogP contribution in [0, 0.1) is 11.8 Å². The van der Waals surface area contributed by atoms with Crippen LogP contribution in [-0.4, -0.2) is 83.4 Å². The van der Waals surface area contributed by atoms with Crippen molar-refractivity contribution in [2.24, 2.45) is 11.8 Å². The van der Waals surface area contributed by atoms with Gasteiger partial charge < -0.3 is 37.0 Å². The summed E-state index contributed by atoms with van der Waals surface area (Å²) in [7, 11) is 0. The van der Waals surface area contributed by atoms with Crippen LogP contribution in [0.15, 0.2) is 30.3 Å². The number of carboxylic acids is 1. The Kier molecular flexibility index (Phi) is 14.3. The van der Waals surface area contributed by atoms with Crippen molar-refractivity contribution in [3.05, 3.63) is 35.9 Å². The van der Waals surface area contributed by atoms with Gasteiger partial charge >= 0.3 is 5.97 Å². The van der Waals surface area contributed by atoms with E-state index in [1.165, 1.54) is 13.8 Å². The van der Waals surface area contributed by atoms with E-state index in [1.807, 2.05) is 19.9 Å². The van der Waals surface area contributed by atoms with Crippen LogP contribution in [0.2, 0.25) is 0 Å². The molecule has 1 fully saturated rings. The second-order valence-corrected chi connectivity index (χ2v) is 12.1. The van der Waals surface area contributed by atoms with Crippen LogP contribution in [0.3, 0.4) is 0 Å². The van der Waals surface area contributed by atoms with E-state index >= 15 is 0 Å². The lowest BCUT2D eigenvalue weighted by atomic mass is 10.0. The van der Waals surface area contributed by atoms with Gasteiger partial charge in [0, 0.05) is 6.42 Å². The summed E-state index contributed by atoms with van der Waals surface area (Å²) in [5.41, 5.74) is 0.745. The molecule has 1 saturated heterocycles. The third-order valence-corrected chi connectivity index (χ3v) is 7.36. The Hall–Kier alpha value is -4.00. The molecule has 2 rings (SSSR count). The number of carbonyl (C=O) groups excluding carboxylic acids is 5. The number of rotatable bonds is 16. The molecule has 5 amide bonds. The highest BCUT2D eigenvalue weighted by atomic mass is 16.4. The molecule has 0 aliphatic carbocycles. The lowest BCUT2D eigenvalue weighted by Gasteiger charge is -2.27. The molecule has 13 heteroatoms. The van der Waals surface area contributed by atoms with Gasteiger partial charge in [0.1, 0.15) is 30.2 Å². The third-order valence-electron chi connectivity index (χ3n) is 7.36. The quantitative estimate of drug-likeness (QED) is 0.137. The van der Waals surface area contributed by atoms with E-state index in [2.05, 4.69) is 31.9 Å². The number of aliphatic carboxylic acids is 1. The summed E-state index contributed by atoms with van der Waals surface area (Å²) in [5, 5.41) is 25.5. The smallest absolute Gasteiger partial charge is 0.325 e. The highest BCUT2D eigenvalue weighted by Crippen LogP contribution is 2.10. The first-order chi connectivity index (χ1) is 20.7. The van der Waals surface area contributed by atoms with Crippen molar-refractivity contribution in [2.75, 3.05) is 6.54 Å². The Balaban J connectivity index is 2.16. The third kappa shape index (κ3) is 11.6. The second kappa shape index (κ2) is 17.3. The highest BCUT2D eigenvalue weighted by Gasteiger charge is 2.33. The molecule has 0 radical (unpaired) electrons. The molecule has 0 bridgehead atoms. The van der Waals surface area contributed by atoms with Gasteiger partial charge in [-0.3, -0.25) is 28.8 Å². The fourth-order valence-corrected chi connectivity index (χ4v) is 4.77. The molecule has 0 aromatic heterocycles. The molecule has 44 heavy (non-hydrogen) atoms. The topological polar surface area (TPSA) is 195 Å². The van der Waals surface area contributed by atoms with Crippen molar-refractivity contribution in [1.29, 1.82) is 0 Å². The molecular formula is C31H48N6O7. The van der Waals surface area contributed by atoms with Crippen molar-refractivity contribution in [3.63, 3.8) is 0 Å². The van der Waals surface area contributed by atoms with Gasteiger partial charge in [0.05, 0.1) is 6.04 Å². The van der Waals surface area contributed by atoms with Crippen molar-refractivity contribution in [3.8, 4) is 0 Å². The average Bonchev–Trinajstić information content (AvgIpc) is 3.50. The number of hydrogen-bond donors (Lipinski definition) is 7. The van der Waals surface area contributed by atoms with Crippen LogP contribution in [0.5, 0.6) is 0 Å². The summed E-state index contributed by atoms with van der Waals surface area (Å²) in [6, 6.07) is 3.37. The second-order valence-electron chi connectivity index (χ2n) is 12.1. The maximum absolute atomic E-state index is 13.5. The van der Waals surface area contributed by atoms with Crippen LogP contribution in [0.4, 0.5) is 0 Å². The van der Waals surface area contributed by atoms with Gasteiger partial charge in [-0.15, -0.1) is 0 Å². The molecule has 1 aromatic carbocycles. The van der Waals surface area contributed by atoms with E-state index in [4.69, 9.17) is 5.11 Å². The van der Waals surface area contributed by atoms with Gasteiger partial charge in [0.25, 0.3) is 0 Å². The predicted octanol–water partition coefficient (Wildman–Crippen LogP) is 0.232. The van der Waals surface area contributed by atoms with Crippen LogP contribution in [0.1, 0.15) is 66.4 Å². The van der Waals surface area contributed by atoms with Gasteiger partial charge in [-0.1, -0.05) is 58.0 Å². The maximum atomic E-state index is 13.5. The minimum Gasteiger partial charge on any atom is -0.480 e. The number of hydrogen-bond acceptors (Lipinski definition) is 7. The van der Waals surface area contributed by atoms with Crippen molar-refractivity contribution < 1.29 is 33.9 Å². The zero-order valence-corrected chi connectivity index (χ0v) is 26.4. The molecule has 244 valence electrons. The highest BCUT2D eigenvalue weighted by molar-refractivity contribution is 5.96. The fourth-order valence-electron chi connectivity index (χ4n) is 4.77. The summed E-state index contributed by atoms with van der Waals surface area (Å²) in [5.74, 6) is -4.24. The van der Waals surface area contributed by atoms with Gasteiger partial charge in [-0.05, 0) is 57.1 Å². The molecule has 0 spiro atoms. The molecule has 0 saturated carbocycles. The van der Waals surface area contributed by atoms with E-state index in [9.17, 15) is 28.8 Å². The molecule has 1 heterocycles. The molecule has 13 nitrogen and oxygen atoms in total. The minimum atomic E-state index is -1.22. The van der Waals surface area contributed by atoms with Gasteiger partial charge in [-0.25, -0.2) is 0 Å². The first kappa shape index (κ1) is 36.2. The largest absolute Gasteiger partial charge is 0.480 e. The zero-order valence-electron chi connectivity index (χ0n) is 26.4. The van der Waals surface area contributed by atoms with Crippen LogP contribution in [-0.2, 0) is 35.2 Å². The van der Waals surface area contributed by atoms with Gasteiger partial charge in [0.2, 0.25) is 29.5 Å². The Morgan fingerprint density at radius 2 is 1.39 bits per heavy atom. The van der Waals surface area contributed by atoms with Crippen molar-refractivity contribution in [1.82, 2.24) is 31.9 Å². The molecule has 1 aliphatic rings. The SMILES string of the molecule is CC(C)C[C@H](NC(=O)[C@@H]1CCCN1)C(=O)N[C@@H](C)C(=O)N[C@@H](Cc1ccccc1)C(=O)N[C@H](C(=O)N[C@@H](C)C(=O)O)C(C)C. The molecule has 6 atom stereocenters. The molecule has 0 unspecified atom stereocenters. The first-order valence-corrected chi connectivity index (χ1v) is 15.2.